The highest BCUT2D eigenvalue weighted by molar-refractivity contribution is 5.95. The highest BCUT2D eigenvalue weighted by atomic mass is 16.5. The third-order valence-corrected chi connectivity index (χ3v) is 3.59. The van der Waals surface area contributed by atoms with Gasteiger partial charge in [0.05, 0.1) is 12.7 Å². The summed E-state index contributed by atoms with van der Waals surface area (Å²) in [5, 5.41) is 2.92. The molecule has 1 fully saturated rings. The number of nitrogens with one attached hydrogen (secondary N) is 1. The highest BCUT2D eigenvalue weighted by Crippen LogP contribution is 2.24. The van der Waals surface area contributed by atoms with Gasteiger partial charge in [-0.2, -0.15) is 0 Å². The third-order valence-electron chi connectivity index (χ3n) is 3.59. The lowest BCUT2D eigenvalue weighted by Gasteiger charge is -2.15. The molecule has 1 amide bonds. The van der Waals surface area contributed by atoms with Crippen LogP contribution in [0.4, 0.5) is 5.69 Å². The van der Waals surface area contributed by atoms with Crippen molar-refractivity contribution in [3.63, 3.8) is 0 Å². The van der Waals surface area contributed by atoms with Crippen molar-refractivity contribution in [2.24, 2.45) is 5.73 Å². The van der Waals surface area contributed by atoms with Crippen LogP contribution in [0, 0.1) is 6.92 Å². The molecule has 3 N–H and O–H groups in total. The Morgan fingerprint density at radius 3 is 2.90 bits per heavy atom. The molecule has 21 heavy (non-hydrogen) atoms. The van der Waals surface area contributed by atoms with Gasteiger partial charge in [-0.1, -0.05) is 6.92 Å². The van der Waals surface area contributed by atoms with Crippen LogP contribution in [0.2, 0.25) is 0 Å². The molecule has 0 bridgehead atoms. The molecule has 0 radical (unpaired) electrons. The fourth-order valence-corrected chi connectivity index (χ4v) is 2.37. The normalized spacial score (nSPS) is 21.3. The van der Waals surface area contributed by atoms with Gasteiger partial charge in [0.1, 0.15) is 11.9 Å². The molecule has 1 saturated heterocycles. The smallest absolute Gasteiger partial charge is 0.253 e. The van der Waals surface area contributed by atoms with Crippen LogP contribution in [-0.2, 0) is 9.53 Å². The molecule has 1 aromatic carbocycles. The van der Waals surface area contributed by atoms with E-state index in [9.17, 15) is 4.79 Å². The summed E-state index contributed by atoms with van der Waals surface area (Å²) < 4.78 is 11.2. The van der Waals surface area contributed by atoms with Crippen molar-refractivity contribution in [3.8, 4) is 5.75 Å². The molecule has 0 saturated carbocycles. The molecule has 1 heterocycles. The van der Waals surface area contributed by atoms with Gasteiger partial charge in [-0.3, -0.25) is 4.79 Å². The van der Waals surface area contributed by atoms with Crippen LogP contribution in [0.1, 0.15) is 31.7 Å². The molecule has 5 heteroatoms. The largest absolute Gasteiger partial charge is 0.494 e. The van der Waals surface area contributed by atoms with Gasteiger partial charge >= 0.3 is 0 Å². The second-order valence-electron chi connectivity index (χ2n) is 5.37. The van der Waals surface area contributed by atoms with Crippen LogP contribution in [0.5, 0.6) is 5.75 Å². The number of hydrogen-bond donors (Lipinski definition) is 2. The topological polar surface area (TPSA) is 73.6 Å². The van der Waals surface area contributed by atoms with E-state index < -0.39 is 6.10 Å². The summed E-state index contributed by atoms with van der Waals surface area (Å²) in [6.45, 7) is 5.18. The van der Waals surface area contributed by atoms with Crippen LogP contribution in [-0.4, -0.2) is 31.3 Å². The molecular weight excluding hydrogens is 268 g/mol. The summed E-state index contributed by atoms with van der Waals surface area (Å²) in [6, 6.07) is 5.67. The summed E-state index contributed by atoms with van der Waals surface area (Å²) >= 11 is 0. The first kappa shape index (κ1) is 15.8. The Bertz CT molecular complexity index is 490. The van der Waals surface area contributed by atoms with Crippen LogP contribution in [0.3, 0.4) is 0 Å². The number of ether oxygens (including phenoxy) is 2. The summed E-state index contributed by atoms with van der Waals surface area (Å²) in [5.41, 5.74) is 7.33. The van der Waals surface area contributed by atoms with Gasteiger partial charge in [-0.15, -0.1) is 0 Å². The van der Waals surface area contributed by atoms with E-state index in [-0.39, 0.29) is 12.0 Å². The molecule has 0 aliphatic carbocycles. The molecular formula is C16H24N2O3. The van der Waals surface area contributed by atoms with Gasteiger partial charge in [-0.25, -0.2) is 0 Å². The highest BCUT2D eigenvalue weighted by Gasteiger charge is 2.29. The third kappa shape index (κ3) is 4.19. The summed E-state index contributed by atoms with van der Waals surface area (Å²) in [5.74, 6) is 0.726. The molecule has 1 aliphatic rings. The number of nitrogens with two attached hydrogens (primary N) is 1. The maximum absolute atomic E-state index is 12.2. The standard InChI is InChI=1S/C16H24N2O3/c1-3-8-20-12-4-6-14(11(2)9-12)18-16(19)15-7-5-13(10-17)21-15/h4,6,9,13,15H,3,5,7-8,10,17H2,1-2H3,(H,18,19)/t13-,15+/m1/s1. The molecule has 0 unspecified atom stereocenters. The number of benzene rings is 1. The Kier molecular flexibility index (Phi) is 5.59. The second kappa shape index (κ2) is 7.43. The molecule has 2 rings (SSSR count). The number of carbonyl (C=O) groups excluding carboxylic acids is 1. The van der Waals surface area contributed by atoms with Gasteiger partial charge < -0.3 is 20.5 Å². The zero-order chi connectivity index (χ0) is 15.2. The van der Waals surface area contributed by atoms with E-state index in [1.165, 1.54) is 0 Å². The van der Waals surface area contributed by atoms with Crippen LogP contribution >= 0.6 is 0 Å². The van der Waals surface area contributed by atoms with Gasteiger partial charge in [0, 0.05) is 12.2 Å². The lowest BCUT2D eigenvalue weighted by atomic mass is 10.1. The fourth-order valence-electron chi connectivity index (χ4n) is 2.37. The first-order chi connectivity index (χ1) is 10.1. The zero-order valence-corrected chi connectivity index (χ0v) is 12.7. The van der Waals surface area contributed by atoms with Crippen molar-refractivity contribution >= 4 is 11.6 Å². The molecule has 0 spiro atoms. The van der Waals surface area contributed by atoms with Crippen molar-refractivity contribution in [2.75, 3.05) is 18.5 Å². The van der Waals surface area contributed by atoms with Crippen molar-refractivity contribution in [2.45, 2.75) is 45.3 Å². The number of carbonyl (C=O) groups is 1. The SMILES string of the molecule is CCCOc1ccc(NC(=O)[C@@H]2CC[C@H](CN)O2)c(C)c1. The quantitative estimate of drug-likeness (QED) is 0.843. The van der Waals surface area contributed by atoms with Crippen molar-refractivity contribution in [1.82, 2.24) is 0 Å². The first-order valence-electron chi connectivity index (χ1n) is 7.54. The van der Waals surface area contributed by atoms with Gasteiger partial charge in [0.2, 0.25) is 0 Å². The maximum Gasteiger partial charge on any atom is 0.253 e. The predicted molar refractivity (Wildman–Crippen MR) is 82.5 cm³/mol. The molecule has 2 atom stereocenters. The lowest BCUT2D eigenvalue weighted by molar-refractivity contribution is -0.126. The average molecular weight is 292 g/mol. The van der Waals surface area contributed by atoms with E-state index >= 15 is 0 Å². The summed E-state index contributed by atoms with van der Waals surface area (Å²) in [6.07, 6.45) is 2.15. The Morgan fingerprint density at radius 1 is 1.48 bits per heavy atom. The molecule has 0 aromatic heterocycles. The Morgan fingerprint density at radius 2 is 2.29 bits per heavy atom. The maximum atomic E-state index is 12.2. The minimum atomic E-state index is -0.394. The zero-order valence-electron chi connectivity index (χ0n) is 12.7. The Labute approximate surface area is 125 Å². The van der Waals surface area contributed by atoms with E-state index in [1.807, 2.05) is 25.1 Å². The Hall–Kier alpha value is -1.59. The molecule has 1 aromatic rings. The molecule has 1 aliphatic heterocycles. The number of amides is 1. The minimum absolute atomic E-state index is 0.00617. The molecule has 5 nitrogen and oxygen atoms in total. The summed E-state index contributed by atoms with van der Waals surface area (Å²) in [7, 11) is 0. The van der Waals surface area contributed by atoms with Crippen LogP contribution in [0.15, 0.2) is 18.2 Å². The number of anilines is 1. The first-order valence-corrected chi connectivity index (χ1v) is 7.54. The van der Waals surface area contributed by atoms with Gasteiger partial charge in [-0.05, 0) is 49.9 Å². The van der Waals surface area contributed by atoms with Crippen LogP contribution in [0.25, 0.3) is 0 Å². The monoisotopic (exact) mass is 292 g/mol. The average Bonchev–Trinajstić information content (AvgIpc) is 2.96. The van der Waals surface area contributed by atoms with E-state index in [2.05, 4.69) is 12.2 Å². The van der Waals surface area contributed by atoms with E-state index in [0.29, 0.717) is 13.2 Å². The summed E-state index contributed by atoms with van der Waals surface area (Å²) in [4.78, 5) is 12.2. The number of aryl methyl sites for hydroxylation is 1. The Balaban J connectivity index is 1.95. The van der Waals surface area contributed by atoms with E-state index in [0.717, 1.165) is 36.3 Å². The van der Waals surface area contributed by atoms with Crippen LogP contribution < -0.4 is 15.8 Å². The minimum Gasteiger partial charge on any atom is -0.494 e. The van der Waals surface area contributed by atoms with Gasteiger partial charge in [0.25, 0.3) is 5.91 Å². The predicted octanol–water partition coefficient (Wildman–Crippen LogP) is 2.23. The fraction of sp³-hybridized carbons (Fsp3) is 0.562. The van der Waals surface area contributed by atoms with E-state index in [1.54, 1.807) is 0 Å². The van der Waals surface area contributed by atoms with Crippen molar-refractivity contribution in [1.29, 1.82) is 0 Å². The second-order valence-corrected chi connectivity index (χ2v) is 5.37. The number of rotatable bonds is 6. The van der Waals surface area contributed by atoms with Crippen molar-refractivity contribution in [3.05, 3.63) is 23.8 Å². The number of hydrogen-bond acceptors (Lipinski definition) is 4. The van der Waals surface area contributed by atoms with Crippen molar-refractivity contribution < 1.29 is 14.3 Å². The lowest BCUT2D eigenvalue weighted by Crippen LogP contribution is -2.30. The molecule has 116 valence electrons. The van der Waals surface area contributed by atoms with E-state index in [4.69, 9.17) is 15.2 Å². The van der Waals surface area contributed by atoms with Gasteiger partial charge in [0.15, 0.2) is 0 Å².